The second-order valence-corrected chi connectivity index (χ2v) is 4.68. The average molecular weight is 278 g/mol. The molecule has 0 atom stereocenters. The van der Waals surface area contributed by atoms with E-state index in [0.717, 1.165) is 13.1 Å². The normalized spacial score (nSPS) is 15.9. The minimum Gasteiger partial charge on any atom is -0.363 e. The van der Waals surface area contributed by atoms with Crippen LogP contribution in [0.25, 0.3) is 0 Å². The van der Waals surface area contributed by atoms with Gasteiger partial charge in [0.2, 0.25) is 5.91 Å². The molecule has 0 radical (unpaired) electrons. The molecule has 1 aliphatic rings. The Labute approximate surface area is 117 Å². The van der Waals surface area contributed by atoms with E-state index < -0.39 is 0 Å². The average Bonchev–Trinajstić information content (AvgIpc) is 2.48. The van der Waals surface area contributed by atoms with Gasteiger partial charge in [0.15, 0.2) is 0 Å². The lowest BCUT2D eigenvalue weighted by Gasteiger charge is -2.35. The number of hydrogen-bond donors (Lipinski definition) is 1. The molecule has 0 unspecified atom stereocenters. The van der Waals surface area contributed by atoms with Gasteiger partial charge in [-0.2, -0.15) is 0 Å². The number of hydrogen-bond acceptors (Lipinski definition) is 5. The number of nitrogens with one attached hydrogen (secondary N) is 1. The number of para-hydroxylation sites is 2. The van der Waals surface area contributed by atoms with Crippen molar-refractivity contribution in [2.45, 2.75) is 0 Å². The summed E-state index contributed by atoms with van der Waals surface area (Å²) in [5, 5.41) is 13.6. The summed E-state index contributed by atoms with van der Waals surface area (Å²) in [6.07, 6.45) is 0. The van der Waals surface area contributed by atoms with Crippen molar-refractivity contribution in [2.75, 3.05) is 44.7 Å². The van der Waals surface area contributed by atoms with Crippen LogP contribution >= 0.6 is 0 Å². The SMILES string of the molecule is CNC(=O)CN1CCN(c2ccccc2[N+](=O)[O-])CC1. The summed E-state index contributed by atoms with van der Waals surface area (Å²) in [5.41, 5.74) is 0.782. The molecule has 0 saturated carbocycles. The zero-order chi connectivity index (χ0) is 14.5. The Morgan fingerprint density at radius 1 is 1.30 bits per heavy atom. The van der Waals surface area contributed by atoms with Gasteiger partial charge in [-0.25, -0.2) is 0 Å². The Bertz CT molecular complexity index is 498. The smallest absolute Gasteiger partial charge is 0.292 e. The Kier molecular flexibility index (Phi) is 4.52. The van der Waals surface area contributed by atoms with E-state index in [1.54, 1.807) is 25.2 Å². The van der Waals surface area contributed by atoms with Gasteiger partial charge in [-0.15, -0.1) is 0 Å². The molecule has 0 bridgehead atoms. The van der Waals surface area contributed by atoms with Crippen LogP contribution in [0.5, 0.6) is 0 Å². The third-order valence-corrected chi connectivity index (χ3v) is 3.44. The van der Waals surface area contributed by atoms with E-state index in [-0.39, 0.29) is 16.5 Å². The fourth-order valence-electron chi connectivity index (χ4n) is 2.31. The van der Waals surface area contributed by atoms with Crippen molar-refractivity contribution in [1.29, 1.82) is 0 Å². The molecule has 1 amide bonds. The second-order valence-electron chi connectivity index (χ2n) is 4.68. The number of nitro benzene ring substituents is 1. The van der Waals surface area contributed by atoms with Crippen molar-refractivity contribution in [1.82, 2.24) is 10.2 Å². The van der Waals surface area contributed by atoms with E-state index in [4.69, 9.17) is 0 Å². The molecule has 1 aromatic rings. The third kappa shape index (κ3) is 3.24. The van der Waals surface area contributed by atoms with Crippen LogP contribution in [0.4, 0.5) is 11.4 Å². The van der Waals surface area contributed by atoms with Crippen molar-refractivity contribution < 1.29 is 9.72 Å². The number of amides is 1. The Morgan fingerprint density at radius 2 is 1.95 bits per heavy atom. The highest BCUT2D eigenvalue weighted by Gasteiger charge is 2.23. The van der Waals surface area contributed by atoms with Crippen molar-refractivity contribution >= 4 is 17.3 Å². The number of rotatable bonds is 4. The summed E-state index contributed by atoms with van der Waals surface area (Å²) in [6, 6.07) is 6.77. The molecule has 108 valence electrons. The van der Waals surface area contributed by atoms with E-state index in [9.17, 15) is 14.9 Å². The summed E-state index contributed by atoms with van der Waals surface area (Å²) in [5.74, 6) is -0.0101. The molecule has 1 aromatic carbocycles. The van der Waals surface area contributed by atoms with Gasteiger partial charge in [-0.1, -0.05) is 12.1 Å². The first kappa shape index (κ1) is 14.3. The standard InChI is InChI=1S/C13H18N4O3/c1-14-13(18)10-15-6-8-16(9-7-15)11-4-2-3-5-12(11)17(19)20/h2-5H,6-10H2,1H3,(H,14,18). The molecule has 0 spiro atoms. The predicted octanol–water partition coefficient (Wildman–Crippen LogP) is 0.463. The molecule has 1 aliphatic heterocycles. The van der Waals surface area contributed by atoms with E-state index >= 15 is 0 Å². The highest BCUT2D eigenvalue weighted by Crippen LogP contribution is 2.28. The topological polar surface area (TPSA) is 78.7 Å². The first-order chi connectivity index (χ1) is 9.61. The molecule has 0 aliphatic carbocycles. The molecular weight excluding hydrogens is 260 g/mol. The molecule has 0 aromatic heterocycles. The quantitative estimate of drug-likeness (QED) is 0.639. The summed E-state index contributed by atoms with van der Waals surface area (Å²) >= 11 is 0. The number of nitrogens with zero attached hydrogens (tertiary/aromatic N) is 3. The number of anilines is 1. The first-order valence-corrected chi connectivity index (χ1v) is 6.53. The van der Waals surface area contributed by atoms with Crippen LogP contribution in [0.2, 0.25) is 0 Å². The number of piperazine rings is 1. The molecule has 1 saturated heterocycles. The van der Waals surface area contributed by atoms with Gasteiger partial charge >= 0.3 is 0 Å². The fourth-order valence-corrected chi connectivity index (χ4v) is 2.31. The third-order valence-electron chi connectivity index (χ3n) is 3.44. The van der Waals surface area contributed by atoms with Gasteiger partial charge in [-0.3, -0.25) is 19.8 Å². The van der Waals surface area contributed by atoms with Gasteiger partial charge in [0.05, 0.1) is 11.5 Å². The van der Waals surface area contributed by atoms with Crippen LogP contribution in [-0.4, -0.2) is 55.5 Å². The highest BCUT2D eigenvalue weighted by molar-refractivity contribution is 5.77. The maximum Gasteiger partial charge on any atom is 0.292 e. The summed E-state index contributed by atoms with van der Waals surface area (Å²) in [4.78, 5) is 26.0. The van der Waals surface area contributed by atoms with Gasteiger partial charge in [0, 0.05) is 39.3 Å². The van der Waals surface area contributed by atoms with Crippen molar-refractivity contribution in [3.8, 4) is 0 Å². The number of carbonyl (C=O) groups excluding carboxylic acids is 1. The number of likely N-dealkylation sites (N-methyl/N-ethyl adjacent to an activating group) is 1. The van der Waals surface area contributed by atoms with E-state index in [1.807, 2.05) is 9.80 Å². The van der Waals surface area contributed by atoms with E-state index in [2.05, 4.69) is 5.32 Å². The Morgan fingerprint density at radius 3 is 2.55 bits per heavy atom. The Balaban J connectivity index is 2.01. The van der Waals surface area contributed by atoms with Gasteiger partial charge < -0.3 is 10.2 Å². The first-order valence-electron chi connectivity index (χ1n) is 6.53. The molecule has 1 heterocycles. The number of carbonyl (C=O) groups is 1. The Hall–Kier alpha value is -2.15. The van der Waals surface area contributed by atoms with Crippen molar-refractivity contribution in [2.24, 2.45) is 0 Å². The monoisotopic (exact) mass is 278 g/mol. The summed E-state index contributed by atoms with van der Waals surface area (Å²) < 4.78 is 0. The largest absolute Gasteiger partial charge is 0.363 e. The van der Waals surface area contributed by atoms with Crippen molar-refractivity contribution in [3.63, 3.8) is 0 Å². The highest BCUT2D eigenvalue weighted by atomic mass is 16.6. The fraction of sp³-hybridized carbons (Fsp3) is 0.462. The summed E-state index contributed by atoms with van der Waals surface area (Å²) in [7, 11) is 1.62. The molecule has 2 rings (SSSR count). The van der Waals surface area contributed by atoms with Gasteiger partial charge in [0.1, 0.15) is 5.69 Å². The molecule has 7 nitrogen and oxygen atoms in total. The van der Waals surface area contributed by atoms with E-state index in [1.165, 1.54) is 6.07 Å². The maximum absolute atomic E-state index is 11.3. The molecule has 20 heavy (non-hydrogen) atoms. The van der Waals surface area contributed by atoms with Crippen LogP contribution in [0, 0.1) is 10.1 Å². The number of benzene rings is 1. The zero-order valence-corrected chi connectivity index (χ0v) is 11.4. The number of nitro groups is 1. The van der Waals surface area contributed by atoms with Crippen molar-refractivity contribution in [3.05, 3.63) is 34.4 Å². The zero-order valence-electron chi connectivity index (χ0n) is 11.4. The molecule has 1 fully saturated rings. The van der Waals surface area contributed by atoms with E-state index in [0.29, 0.717) is 25.3 Å². The van der Waals surface area contributed by atoms with Gasteiger partial charge in [-0.05, 0) is 6.07 Å². The lowest BCUT2D eigenvalue weighted by atomic mass is 10.2. The molecule has 1 N–H and O–H groups in total. The minimum absolute atomic E-state index is 0.0101. The lowest BCUT2D eigenvalue weighted by Crippen LogP contribution is -2.49. The van der Waals surface area contributed by atoms with Crippen LogP contribution in [-0.2, 0) is 4.79 Å². The lowest BCUT2D eigenvalue weighted by molar-refractivity contribution is -0.384. The van der Waals surface area contributed by atoms with Crippen LogP contribution < -0.4 is 10.2 Å². The molecule has 7 heteroatoms. The van der Waals surface area contributed by atoms with Crippen LogP contribution in [0.1, 0.15) is 0 Å². The maximum atomic E-state index is 11.3. The predicted molar refractivity (Wildman–Crippen MR) is 75.8 cm³/mol. The summed E-state index contributed by atoms with van der Waals surface area (Å²) in [6.45, 7) is 3.18. The van der Waals surface area contributed by atoms with Crippen LogP contribution in [0.15, 0.2) is 24.3 Å². The van der Waals surface area contributed by atoms with Crippen LogP contribution in [0.3, 0.4) is 0 Å². The van der Waals surface area contributed by atoms with Gasteiger partial charge in [0.25, 0.3) is 5.69 Å². The molecular formula is C13H18N4O3. The minimum atomic E-state index is -0.355. The second kappa shape index (κ2) is 6.33.